The van der Waals surface area contributed by atoms with E-state index in [0.29, 0.717) is 6.04 Å². The number of likely N-dealkylation sites (N-methyl/N-ethyl adjacent to an activating group) is 1. The monoisotopic (exact) mass is 230 g/mol. The van der Waals surface area contributed by atoms with Crippen LogP contribution in [0.2, 0.25) is 0 Å². The third-order valence-electron chi connectivity index (χ3n) is 4.03. The molecule has 2 N–H and O–H groups in total. The average molecular weight is 230 g/mol. The van der Waals surface area contributed by atoms with Gasteiger partial charge in [-0.15, -0.1) is 0 Å². The summed E-state index contributed by atoms with van der Waals surface area (Å²) >= 11 is 1.92. The van der Waals surface area contributed by atoms with Crippen LogP contribution in [0.5, 0.6) is 0 Å². The molecule has 0 spiro atoms. The second-order valence-electron chi connectivity index (χ2n) is 5.19. The molecule has 1 aliphatic carbocycles. The minimum Gasteiger partial charge on any atom is -0.329 e. The van der Waals surface area contributed by atoms with Gasteiger partial charge in [-0.2, -0.15) is 11.8 Å². The number of thioether (sulfide) groups is 1. The summed E-state index contributed by atoms with van der Waals surface area (Å²) in [5, 5.41) is 0. The molecule has 0 radical (unpaired) electrons. The van der Waals surface area contributed by atoms with Gasteiger partial charge in [0.15, 0.2) is 0 Å². The van der Waals surface area contributed by atoms with E-state index in [2.05, 4.69) is 32.1 Å². The Bertz CT molecular complexity index is 198. The van der Waals surface area contributed by atoms with Gasteiger partial charge in [-0.3, -0.25) is 4.90 Å². The fraction of sp³-hybridized carbons (Fsp3) is 1.00. The van der Waals surface area contributed by atoms with Crippen molar-refractivity contribution in [3.05, 3.63) is 0 Å². The predicted molar refractivity (Wildman–Crippen MR) is 70.4 cm³/mol. The number of nitrogens with two attached hydrogens (primary N) is 1. The molecule has 90 valence electrons. The molecule has 1 saturated carbocycles. The number of hydrogen-bond acceptors (Lipinski definition) is 3. The maximum Gasteiger partial charge on any atom is 0.0334 e. The van der Waals surface area contributed by atoms with E-state index in [9.17, 15) is 0 Å². The molecule has 1 fully saturated rings. The van der Waals surface area contributed by atoms with E-state index in [1.165, 1.54) is 25.0 Å². The molecule has 0 aromatic heterocycles. The van der Waals surface area contributed by atoms with Gasteiger partial charge >= 0.3 is 0 Å². The normalized spacial score (nSPS) is 33.6. The molecule has 3 heteroatoms. The third kappa shape index (κ3) is 2.89. The van der Waals surface area contributed by atoms with E-state index in [0.717, 1.165) is 12.5 Å². The minimum absolute atomic E-state index is 0.286. The second-order valence-corrected chi connectivity index (χ2v) is 6.10. The highest BCUT2D eigenvalue weighted by atomic mass is 32.2. The van der Waals surface area contributed by atoms with Crippen LogP contribution in [0.1, 0.15) is 33.1 Å². The van der Waals surface area contributed by atoms with Crippen LogP contribution in [-0.4, -0.2) is 42.1 Å². The van der Waals surface area contributed by atoms with Crippen LogP contribution in [0, 0.1) is 5.92 Å². The molecule has 0 saturated heterocycles. The average Bonchev–Trinajstić information content (AvgIpc) is 2.60. The Kier molecular flexibility index (Phi) is 4.94. The van der Waals surface area contributed by atoms with Gasteiger partial charge in [-0.25, -0.2) is 0 Å². The lowest BCUT2D eigenvalue weighted by Gasteiger charge is -2.42. The van der Waals surface area contributed by atoms with Crippen molar-refractivity contribution in [1.29, 1.82) is 0 Å². The van der Waals surface area contributed by atoms with Crippen molar-refractivity contribution in [3.8, 4) is 0 Å². The second kappa shape index (κ2) is 5.55. The van der Waals surface area contributed by atoms with E-state index < -0.39 is 0 Å². The summed E-state index contributed by atoms with van der Waals surface area (Å²) in [7, 11) is 2.26. The minimum atomic E-state index is 0.286. The molecule has 0 aromatic rings. The summed E-state index contributed by atoms with van der Waals surface area (Å²) in [5.41, 5.74) is 6.30. The largest absolute Gasteiger partial charge is 0.329 e. The lowest BCUT2D eigenvalue weighted by atomic mass is 9.93. The lowest BCUT2D eigenvalue weighted by molar-refractivity contribution is 0.0965. The highest BCUT2D eigenvalue weighted by Crippen LogP contribution is 2.38. The van der Waals surface area contributed by atoms with Gasteiger partial charge in [0.2, 0.25) is 0 Å². The molecule has 0 heterocycles. The molecule has 0 aromatic carbocycles. The Morgan fingerprint density at radius 1 is 1.60 bits per heavy atom. The van der Waals surface area contributed by atoms with Crippen molar-refractivity contribution in [2.45, 2.75) is 44.7 Å². The van der Waals surface area contributed by atoms with Crippen molar-refractivity contribution in [2.75, 3.05) is 25.6 Å². The molecule has 0 bridgehead atoms. The molecule has 3 atom stereocenters. The van der Waals surface area contributed by atoms with Gasteiger partial charge in [0, 0.05) is 23.9 Å². The SMILES string of the molecule is CSCC(C)N(C)C1(CN)CCC(C)C1. The van der Waals surface area contributed by atoms with E-state index in [-0.39, 0.29) is 5.54 Å². The predicted octanol–water partition coefficient (Wildman–Crippen LogP) is 2.19. The molecule has 0 amide bonds. The molecule has 3 unspecified atom stereocenters. The first-order valence-electron chi connectivity index (χ1n) is 5.97. The summed E-state index contributed by atoms with van der Waals surface area (Å²) < 4.78 is 0. The Morgan fingerprint density at radius 2 is 2.27 bits per heavy atom. The van der Waals surface area contributed by atoms with Crippen LogP contribution in [-0.2, 0) is 0 Å². The highest BCUT2D eigenvalue weighted by Gasteiger charge is 2.40. The van der Waals surface area contributed by atoms with Gasteiger partial charge in [0.1, 0.15) is 0 Å². The van der Waals surface area contributed by atoms with Crippen molar-refractivity contribution in [2.24, 2.45) is 11.7 Å². The van der Waals surface area contributed by atoms with Crippen LogP contribution >= 0.6 is 11.8 Å². The third-order valence-corrected chi connectivity index (χ3v) is 4.84. The first-order chi connectivity index (χ1) is 7.05. The van der Waals surface area contributed by atoms with E-state index >= 15 is 0 Å². The molecule has 2 nitrogen and oxygen atoms in total. The standard InChI is InChI=1S/C12H26N2S/c1-10-5-6-12(7-10,9-13)14(3)11(2)8-15-4/h10-11H,5-9,13H2,1-4H3. The van der Waals surface area contributed by atoms with E-state index in [1.54, 1.807) is 0 Å². The summed E-state index contributed by atoms with van der Waals surface area (Å²) in [6.07, 6.45) is 6.07. The maximum atomic E-state index is 6.02. The van der Waals surface area contributed by atoms with Gasteiger partial charge in [0.05, 0.1) is 0 Å². The Morgan fingerprint density at radius 3 is 2.67 bits per heavy atom. The smallest absolute Gasteiger partial charge is 0.0334 e. The van der Waals surface area contributed by atoms with Crippen molar-refractivity contribution >= 4 is 11.8 Å². The Balaban J connectivity index is 2.65. The first kappa shape index (κ1) is 13.3. The van der Waals surface area contributed by atoms with Crippen LogP contribution in [0.25, 0.3) is 0 Å². The number of nitrogens with zero attached hydrogens (tertiary/aromatic N) is 1. The topological polar surface area (TPSA) is 29.3 Å². The van der Waals surface area contributed by atoms with Gasteiger partial charge in [-0.05, 0) is 45.4 Å². The Hall–Kier alpha value is 0.270. The Labute approximate surface area is 99.0 Å². The van der Waals surface area contributed by atoms with Gasteiger partial charge < -0.3 is 5.73 Å². The van der Waals surface area contributed by atoms with Gasteiger partial charge in [-0.1, -0.05) is 6.92 Å². The van der Waals surface area contributed by atoms with E-state index in [1.807, 2.05) is 11.8 Å². The van der Waals surface area contributed by atoms with Crippen molar-refractivity contribution in [3.63, 3.8) is 0 Å². The molecule has 1 aliphatic rings. The molecular weight excluding hydrogens is 204 g/mol. The summed E-state index contributed by atoms with van der Waals surface area (Å²) in [6, 6.07) is 0.633. The number of hydrogen-bond donors (Lipinski definition) is 1. The molecular formula is C12H26N2S. The zero-order chi connectivity index (χ0) is 11.5. The van der Waals surface area contributed by atoms with Crippen LogP contribution in [0.4, 0.5) is 0 Å². The van der Waals surface area contributed by atoms with Crippen molar-refractivity contribution < 1.29 is 0 Å². The summed E-state index contributed by atoms with van der Waals surface area (Å²) in [4.78, 5) is 2.53. The first-order valence-corrected chi connectivity index (χ1v) is 7.37. The fourth-order valence-electron chi connectivity index (χ4n) is 2.84. The zero-order valence-corrected chi connectivity index (χ0v) is 11.4. The highest BCUT2D eigenvalue weighted by molar-refractivity contribution is 7.98. The quantitative estimate of drug-likeness (QED) is 0.785. The van der Waals surface area contributed by atoms with Crippen LogP contribution in [0.3, 0.4) is 0 Å². The van der Waals surface area contributed by atoms with Crippen LogP contribution < -0.4 is 5.73 Å². The van der Waals surface area contributed by atoms with Crippen LogP contribution in [0.15, 0.2) is 0 Å². The van der Waals surface area contributed by atoms with Gasteiger partial charge in [0.25, 0.3) is 0 Å². The van der Waals surface area contributed by atoms with Crippen molar-refractivity contribution in [1.82, 2.24) is 4.90 Å². The van der Waals surface area contributed by atoms with E-state index in [4.69, 9.17) is 5.73 Å². The fourth-order valence-corrected chi connectivity index (χ4v) is 3.54. The molecule has 0 aliphatic heterocycles. The number of rotatable bonds is 5. The zero-order valence-electron chi connectivity index (χ0n) is 10.6. The summed E-state index contributed by atoms with van der Waals surface area (Å²) in [6.45, 7) is 5.48. The maximum absolute atomic E-state index is 6.02. The summed E-state index contributed by atoms with van der Waals surface area (Å²) in [5.74, 6) is 2.05. The molecule has 15 heavy (non-hydrogen) atoms. The lowest BCUT2D eigenvalue weighted by Crippen LogP contribution is -2.54. The molecule has 1 rings (SSSR count).